The van der Waals surface area contributed by atoms with E-state index in [1.807, 2.05) is 0 Å². The molecule has 98 valence electrons. The highest BCUT2D eigenvalue weighted by Crippen LogP contribution is 2.19. The van der Waals surface area contributed by atoms with Gasteiger partial charge in [0, 0.05) is 0 Å². The number of rotatable bonds is 3. The van der Waals surface area contributed by atoms with Gasteiger partial charge in [-0.1, -0.05) is 61.0 Å². The Morgan fingerprint density at radius 2 is 1.42 bits per heavy atom. The minimum atomic E-state index is 1.10. The molecule has 0 saturated heterocycles. The van der Waals surface area contributed by atoms with Crippen molar-refractivity contribution in [3.63, 3.8) is 0 Å². The summed E-state index contributed by atoms with van der Waals surface area (Å²) < 4.78 is 0. The lowest BCUT2D eigenvalue weighted by Gasteiger charge is -2.07. The third kappa shape index (κ3) is 3.35. The van der Waals surface area contributed by atoms with Crippen LogP contribution in [0.5, 0.6) is 0 Å². The highest BCUT2D eigenvalue weighted by atomic mass is 14.0. The fraction of sp³-hybridized carbons (Fsp3) is 0.263. The lowest BCUT2D eigenvalue weighted by molar-refractivity contribution is 1.14. The molecule has 19 heavy (non-hydrogen) atoms. The summed E-state index contributed by atoms with van der Waals surface area (Å²) in [5, 5.41) is 0. The van der Waals surface area contributed by atoms with Gasteiger partial charge in [-0.25, -0.2) is 0 Å². The quantitative estimate of drug-likeness (QED) is 0.645. The zero-order valence-electron chi connectivity index (χ0n) is 12.3. The molecule has 0 aliphatic carbocycles. The third-order valence-electron chi connectivity index (χ3n) is 3.57. The molecule has 0 aliphatic heterocycles. The normalized spacial score (nSPS) is 11.2. The molecule has 0 unspecified atom stereocenters. The zero-order chi connectivity index (χ0) is 13.8. The summed E-state index contributed by atoms with van der Waals surface area (Å²) >= 11 is 0. The summed E-state index contributed by atoms with van der Waals surface area (Å²) in [6.45, 7) is 8.69. The van der Waals surface area contributed by atoms with Gasteiger partial charge in [0.15, 0.2) is 0 Å². The maximum atomic E-state index is 2.24. The first-order valence-corrected chi connectivity index (χ1v) is 6.95. The summed E-state index contributed by atoms with van der Waals surface area (Å²) in [6.07, 6.45) is 5.52. The van der Waals surface area contributed by atoms with Crippen LogP contribution in [0, 0.1) is 20.8 Å². The third-order valence-corrected chi connectivity index (χ3v) is 3.57. The highest BCUT2D eigenvalue weighted by Gasteiger charge is 2.00. The van der Waals surface area contributed by atoms with Gasteiger partial charge in [-0.2, -0.15) is 0 Å². The van der Waals surface area contributed by atoms with Gasteiger partial charge in [-0.05, 0) is 55.0 Å². The van der Waals surface area contributed by atoms with Crippen LogP contribution in [0.25, 0.3) is 12.2 Å². The van der Waals surface area contributed by atoms with Crippen LogP contribution in [0.15, 0.2) is 36.4 Å². The minimum Gasteiger partial charge on any atom is -0.0613 e. The molecule has 2 rings (SSSR count). The molecule has 2 aromatic carbocycles. The van der Waals surface area contributed by atoms with Crippen molar-refractivity contribution < 1.29 is 0 Å². The highest BCUT2D eigenvalue weighted by molar-refractivity contribution is 5.73. The lowest BCUT2D eigenvalue weighted by Crippen LogP contribution is -1.88. The van der Waals surface area contributed by atoms with Gasteiger partial charge in [0.1, 0.15) is 0 Å². The monoisotopic (exact) mass is 250 g/mol. The molecule has 0 aliphatic rings. The summed E-state index contributed by atoms with van der Waals surface area (Å²) in [5.41, 5.74) is 8.01. The predicted octanol–water partition coefficient (Wildman–Crippen LogP) is 5.34. The largest absolute Gasteiger partial charge is 0.0613 e. The second-order valence-corrected chi connectivity index (χ2v) is 5.24. The van der Waals surface area contributed by atoms with Crippen molar-refractivity contribution in [2.24, 2.45) is 0 Å². The molecule has 0 heteroatoms. The molecule has 0 spiro atoms. The van der Waals surface area contributed by atoms with Crippen molar-refractivity contribution in [3.05, 3.63) is 69.8 Å². The molecule has 0 bridgehead atoms. The van der Waals surface area contributed by atoms with Crippen LogP contribution in [0.2, 0.25) is 0 Å². The number of aryl methyl sites for hydroxylation is 4. The molecule has 0 N–H and O–H groups in total. The second kappa shape index (κ2) is 5.88. The molecular weight excluding hydrogens is 228 g/mol. The molecule has 0 radical (unpaired) electrons. The molecule has 0 amide bonds. The predicted molar refractivity (Wildman–Crippen MR) is 85.4 cm³/mol. The second-order valence-electron chi connectivity index (χ2n) is 5.24. The van der Waals surface area contributed by atoms with Gasteiger partial charge in [-0.3, -0.25) is 0 Å². The molecule has 0 atom stereocenters. The zero-order valence-corrected chi connectivity index (χ0v) is 12.3. The Morgan fingerprint density at radius 1 is 0.842 bits per heavy atom. The number of hydrogen-bond donors (Lipinski definition) is 0. The van der Waals surface area contributed by atoms with Gasteiger partial charge < -0.3 is 0 Å². The van der Waals surface area contributed by atoms with Crippen molar-refractivity contribution in [2.75, 3.05) is 0 Å². The van der Waals surface area contributed by atoms with Crippen molar-refractivity contribution in [1.82, 2.24) is 0 Å². The van der Waals surface area contributed by atoms with Crippen LogP contribution < -0.4 is 0 Å². The molecule has 0 aromatic heterocycles. The summed E-state index contributed by atoms with van der Waals surface area (Å²) in [4.78, 5) is 0. The number of benzene rings is 2. The van der Waals surface area contributed by atoms with Gasteiger partial charge in [0.05, 0.1) is 0 Å². The van der Waals surface area contributed by atoms with Gasteiger partial charge in [-0.15, -0.1) is 0 Å². The van der Waals surface area contributed by atoms with Crippen LogP contribution >= 0.6 is 0 Å². The fourth-order valence-electron chi connectivity index (χ4n) is 2.50. The van der Waals surface area contributed by atoms with Gasteiger partial charge in [0.25, 0.3) is 0 Å². The van der Waals surface area contributed by atoms with E-state index in [-0.39, 0.29) is 0 Å². The van der Waals surface area contributed by atoms with E-state index in [9.17, 15) is 0 Å². The van der Waals surface area contributed by atoms with Gasteiger partial charge in [0.2, 0.25) is 0 Å². The molecule has 0 fully saturated rings. The van der Waals surface area contributed by atoms with Crippen LogP contribution in [0.4, 0.5) is 0 Å². The van der Waals surface area contributed by atoms with E-state index in [1.165, 1.54) is 33.4 Å². The van der Waals surface area contributed by atoms with Crippen molar-refractivity contribution in [3.8, 4) is 0 Å². The van der Waals surface area contributed by atoms with E-state index in [1.54, 1.807) is 0 Å². The Hall–Kier alpha value is -1.82. The van der Waals surface area contributed by atoms with Crippen molar-refractivity contribution in [2.45, 2.75) is 34.1 Å². The Balaban J connectivity index is 2.27. The average Bonchev–Trinajstić information content (AvgIpc) is 2.38. The van der Waals surface area contributed by atoms with Crippen LogP contribution in [-0.4, -0.2) is 0 Å². The van der Waals surface area contributed by atoms with E-state index in [4.69, 9.17) is 0 Å². The summed E-state index contributed by atoms with van der Waals surface area (Å²) in [5.74, 6) is 0. The Labute approximate surface area is 116 Å². The maximum absolute atomic E-state index is 2.24. The topological polar surface area (TPSA) is 0 Å². The fourth-order valence-corrected chi connectivity index (χ4v) is 2.50. The Bertz CT molecular complexity index is 563. The van der Waals surface area contributed by atoms with Crippen LogP contribution in [0.3, 0.4) is 0 Å². The summed E-state index contributed by atoms with van der Waals surface area (Å²) in [6, 6.07) is 13.3. The Kier molecular flexibility index (Phi) is 4.21. The molecular formula is C19H22. The SMILES string of the molecule is CCc1ccc(/C=C/c2c(C)cc(C)cc2C)cc1. The molecule has 0 nitrogen and oxygen atoms in total. The van der Waals surface area contributed by atoms with E-state index in [0.717, 1.165) is 6.42 Å². The molecule has 2 aromatic rings. The molecule has 0 heterocycles. The van der Waals surface area contributed by atoms with Crippen LogP contribution in [-0.2, 0) is 6.42 Å². The average molecular weight is 250 g/mol. The van der Waals surface area contributed by atoms with Crippen molar-refractivity contribution in [1.29, 1.82) is 0 Å². The van der Waals surface area contributed by atoms with E-state index in [2.05, 4.69) is 76.2 Å². The smallest absolute Gasteiger partial charge is 0.0198 e. The van der Waals surface area contributed by atoms with Gasteiger partial charge >= 0.3 is 0 Å². The standard InChI is InChI=1S/C19H22/c1-5-17-6-8-18(9-7-17)10-11-19-15(3)12-14(2)13-16(19)4/h6-13H,5H2,1-4H3/b11-10+. The molecule has 0 saturated carbocycles. The van der Waals surface area contributed by atoms with E-state index >= 15 is 0 Å². The Morgan fingerprint density at radius 3 is 1.95 bits per heavy atom. The van der Waals surface area contributed by atoms with E-state index < -0.39 is 0 Å². The minimum absolute atomic E-state index is 1.10. The maximum Gasteiger partial charge on any atom is -0.0198 e. The first kappa shape index (κ1) is 13.6. The van der Waals surface area contributed by atoms with E-state index in [0.29, 0.717) is 0 Å². The van der Waals surface area contributed by atoms with Crippen molar-refractivity contribution >= 4 is 12.2 Å². The first-order chi connectivity index (χ1) is 9.10. The lowest BCUT2D eigenvalue weighted by atomic mass is 9.99. The summed E-state index contributed by atoms with van der Waals surface area (Å²) in [7, 11) is 0. The number of hydrogen-bond acceptors (Lipinski definition) is 0. The first-order valence-electron chi connectivity index (χ1n) is 6.95. The van der Waals surface area contributed by atoms with Crippen LogP contribution in [0.1, 0.15) is 40.3 Å².